The van der Waals surface area contributed by atoms with E-state index in [1.807, 2.05) is 37.3 Å². The highest BCUT2D eigenvalue weighted by atomic mass is 16.5. The fourth-order valence-electron chi connectivity index (χ4n) is 2.52. The molecule has 1 aliphatic rings. The van der Waals surface area contributed by atoms with Gasteiger partial charge in [-0.3, -0.25) is 4.79 Å². The Bertz CT molecular complexity index is 673. The van der Waals surface area contributed by atoms with Crippen molar-refractivity contribution in [3.05, 3.63) is 42.1 Å². The van der Waals surface area contributed by atoms with E-state index in [-0.39, 0.29) is 18.6 Å². The Labute approximate surface area is 123 Å². The molecule has 1 saturated heterocycles. The van der Waals surface area contributed by atoms with Crippen LogP contribution < -0.4 is 5.32 Å². The Morgan fingerprint density at radius 2 is 2.24 bits per heavy atom. The lowest BCUT2D eigenvalue weighted by Crippen LogP contribution is -2.47. The normalized spacial score (nSPS) is 25.1. The number of pyridine rings is 1. The summed E-state index contributed by atoms with van der Waals surface area (Å²) >= 11 is 0. The Morgan fingerprint density at radius 1 is 1.43 bits per heavy atom. The van der Waals surface area contributed by atoms with Crippen LogP contribution >= 0.6 is 0 Å². The molecule has 21 heavy (non-hydrogen) atoms. The zero-order valence-electron chi connectivity index (χ0n) is 11.9. The molecule has 1 fully saturated rings. The topological polar surface area (TPSA) is 71.5 Å². The number of nitrogens with zero attached hydrogens (tertiary/aromatic N) is 1. The van der Waals surface area contributed by atoms with Gasteiger partial charge in [-0.15, -0.1) is 0 Å². The largest absolute Gasteiger partial charge is 0.385 e. The SMILES string of the molecule is CC1OCCC1(O)CNC(=O)c1ccc2ccccc2n1. The Kier molecular flexibility index (Phi) is 3.61. The number of aliphatic hydroxyl groups is 1. The Balaban J connectivity index is 1.72. The van der Waals surface area contributed by atoms with Crippen LogP contribution in [0.3, 0.4) is 0 Å². The molecule has 2 atom stereocenters. The minimum Gasteiger partial charge on any atom is -0.385 e. The van der Waals surface area contributed by atoms with E-state index in [2.05, 4.69) is 10.3 Å². The van der Waals surface area contributed by atoms with Crippen molar-refractivity contribution in [2.45, 2.75) is 25.0 Å². The molecule has 5 nitrogen and oxygen atoms in total. The number of fused-ring (bicyclic) bond motifs is 1. The predicted octanol–water partition coefficient (Wildman–Crippen LogP) is 1.50. The van der Waals surface area contributed by atoms with Gasteiger partial charge in [-0.2, -0.15) is 0 Å². The van der Waals surface area contributed by atoms with Crippen LogP contribution in [0.5, 0.6) is 0 Å². The van der Waals surface area contributed by atoms with Gasteiger partial charge < -0.3 is 15.2 Å². The minimum absolute atomic E-state index is 0.168. The van der Waals surface area contributed by atoms with E-state index in [0.717, 1.165) is 10.9 Å². The van der Waals surface area contributed by atoms with Gasteiger partial charge in [0.2, 0.25) is 0 Å². The van der Waals surface area contributed by atoms with E-state index in [9.17, 15) is 9.90 Å². The molecule has 0 spiro atoms. The summed E-state index contributed by atoms with van der Waals surface area (Å²) in [5.74, 6) is -0.284. The number of nitrogens with one attached hydrogen (secondary N) is 1. The maximum Gasteiger partial charge on any atom is 0.270 e. The summed E-state index contributed by atoms with van der Waals surface area (Å²) in [6, 6.07) is 11.2. The van der Waals surface area contributed by atoms with Crippen molar-refractivity contribution in [2.24, 2.45) is 0 Å². The van der Waals surface area contributed by atoms with Crippen molar-refractivity contribution in [1.82, 2.24) is 10.3 Å². The summed E-state index contributed by atoms with van der Waals surface area (Å²) in [7, 11) is 0. The van der Waals surface area contributed by atoms with E-state index in [1.165, 1.54) is 0 Å². The van der Waals surface area contributed by atoms with Crippen LogP contribution in [-0.2, 0) is 4.74 Å². The molecule has 0 aliphatic carbocycles. The Morgan fingerprint density at radius 3 is 3.00 bits per heavy atom. The van der Waals surface area contributed by atoms with Crippen molar-refractivity contribution in [2.75, 3.05) is 13.2 Å². The molecule has 2 aromatic rings. The molecule has 0 radical (unpaired) electrons. The standard InChI is InChI=1S/C16H18N2O3/c1-11-16(20,8-9-21-11)10-17-15(19)14-7-6-12-4-2-3-5-13(12)18-14/h2-7,11,20H,8-10H2,1H3,(H,17,19). The van der Waals surface area contributed by atoms with Gasteiger partial charge in [0.25, 0.3) is 5.91 Å². The minimum atomic E-state index is -0.994. The average molecular weight is 286 g/mol. The molecule has 1 aromatic heterocycles. The second-order valence-corrected chi connectivity index (χ2v) is 5.44. The van der Waals surface area contributed by atoms with E-state index in [0.29, 0.717) is 18.7 Å². The van der Waals surface area contributed by atoms with Gasteiger partial charge in [0.15, 0.2) is 0 Å². The molecular weight excluding hydrogens is 268 g/mol. The Hall–Kier alpha value is -1.98. The third-order valence-electron chi connectivity index (χ3n) is 4.05. The molecule has 2 unspecified atom stereocenters. The number of para-hydroxylation sites is 1. The molecule has 0 bridgehead atoms. The van der Waals surface area contributed by atoms with Gasteiger partial charge in [-0.25, -0.2) is 4.98 Å². The second-order valence-electron chi connectivity index (χ2n) is 5.44. The third kappa shape index (κ3) is 2.75. The highest BCUT2D eigenvalue weighted by molar-refractivity contribution is 5.94. The first-order valence-electron chi connectivity index (χ1n) is 7.06. The molecule has 2 N–H and O–H groups in total. The molecule has 2 heterocycles. The number of hydrogen-bond acceptors (Lipinski definition) is 4. The number of benzene rings is 1. The molecule has 0 saturated carbocycles. The first-order chi connectivity index (χ1) is 10.1. The molecule has 1 aliphatic heterocycles. The zero-order chi connectivity index (χ0) is 14.9. The van der Waals surface area contributed by atoms with E-state index >= 15 is 0 Å². The number of carbonyl (C=O) groups is 1. The van der Waals surface area contributed by atoms with Crippen molar-refractivity contribution >= 4 is 16.8 Å². The number of rotatable bonds is 3. The smallest absolute Gasteiger partial charge is 0.270 e. The van der Waals surface area contributed by atoms with Crippen LogP contribution in [0.4, 0.5) is 0 Å². The molecule has 110 valence electrons. The number of ether oxygens (including phenoxy) is 1. The molecule has 3 rings (SSSR count). The summed E-state index contributed by atoms with van der Waals surface area (Å²) in [4.78, 5) is 16.5. The fraction of sp³-hybridized carbons (Fsp3) is 0.375. The van der Waals surface area contributed by atoms with Crippen LogP contribution in [0.1, 0.15) is 23.8 Å². The maximum absolute atomic E-state index is 12.2. The lowest BCUT2D eigenvalue weighted by Gasteiger charge is -2.26. The summed E-state index contributed by atoms with van der Waals surface area (Å²) in [5.41, 5.74) is 0.136. The van der Waals surface area contributed by atoms with Gasteiger partial charge in [0, 0.05) is 25.0 Å². The zero-order valence-corrected chi connectivity index (χ0v) is 11.9. The lowest BCUT2D eigenvalue weighted by molar-refractivity contribution is -0.0252. The van der Waals surface area contributed by atoms with Crippen molar-refractivity contribution in [1.29, 1.82) is 0 Å². The predicted molar refractivity (Wildman–Crippen MR) is 79.1 cm³/mol. The van der Waals surface area contributed by atoms with Crippen molar-refractivity contribution in [3.63, 3.8) is 0 Å². The number of hydrogen-bond donors (Lipinski definition) is 2. The summed E-state index contributed by atoms with van der Waals surface area (Å²) in [5, 5.41) is 14.1. The summed E-state index contributed by atoms with van der Waals surface area (Å²) in [6.07, 6.45) is 0.252. The van der Waals surface area contributed by atoms with Gasteiger partial charge in [-0.05, 0) is 19.1 Å². The van der Waals surface area contributed by atoms with Crippen LogP contribution in [0.2, 0.25) is 0 Å². The quantitative estimate of drug-likeness (QED) is 0.897. The molecule has 1 amide bonds. The second kappa shape index (κ2) is 5.42. The van der Waals surface area contributed by atoms with Crippen LogP contribution in [0.25, 0.3) is 10.9 Å². The third-order valence-corrected chi connectivity index (χ3v) is 4.05. The highest BCUT2D eigenvalue weighted by Crippen LogP contribution is 2.24. The number of carbonyl (C=O) groups excluding carboxylic acids is 1. The van der Waals surface area contributed by atoms with Gasteiger partial charge in [0.05, 0.1) is 11.6 Å². The van der Waals surface area contributed by atoms with Crippen LogP contribution in [0.15, 0.2) is 36.4 Å². The molecular formula is C16H18N2O3. The maximum atomic E-state index is 12.2. The van der Waals surface area contributed by atoms with Gasteiger partial charge in [0.1, 0.15) is 11.3 Å². The number of amides is 1. The van der Waals surface area contributed by atoms with Gasteiger partial charge in [-0.1, -0.05) is 24.3 Å². The van der Waals surface area contributed by atoms with Gasteiger partial charge >= 0.3 is 0 Å². The van der Waals surface area contributed by atoms with Crippen LogP contribution in [0, 0.1) is 0 Å². The molecule has 5 heteroatoms. The van der Waals surface area contributed by atoms with Crippen molar-refractivity contribution in [3.8, 4) is 0 Å². The first-order valence-corrected chi connectivity index (χ1v) is 7.06. The lowest BCUT2D eigenvalue weighted by atomic mass is 9.97. The summed E-state index contributed by atoms with van der Waals surface area (Å²) < 4.78 is 5.35. The van der Waals surface area contributed by atoms with E-state index in [1.54, 1.807) is 6.07 Å². The van der Waals surface area contributed by atoms with E-state index < -0.39 is 5.60 Å². The fourth-order valence-corrected chi connectivity index (χ4v) is 2.52. The molecule has 1 aromatic carbocycles. The monoisotopic (exact) mass is 286 g/mol. The average Bonchev–Trinajstić information content (AvgIpc) is 2.84. The van der Waals surface area contributed by atoms with Crippen LogP contribution in [-0.4, -0.2) is 40.9 Å². The van der Waals surface area contributed by atoms with Crippen molar-refractivity contribution < 1.29 is 14.6 Å². The number of aromatic nitrogens is 1. The first kappa shape index (κ1) is 14.0. The summed E-state index contributed by atoms with van der Waals surface area (Å²) in [6.45, 7) is 2.50. The van der Waals surface area contributed by atoms with E-state index in [4.69, 9.17) is 4.74 Å². The highest BCUT2D eigenvalue weighted by Gasteiger charge is 2.39.